The van der Waals surface area contributed by atoms with Crippen LogP contribution in [0.1, 0.15) is 54.1 Å². The summed E-state index contributed by atoms with van der Waals surface area (Å²) in [5.41, 5.74) is 4.87. The molecular weight excluding hydrogens is 516 g/mol. The second-order valence-corrected chi connectivity index (χ2v) is 11.5. The van der Waals surface area contributed by atoms with Crippen molar-refractivity contribution in [3.05, 3.63) is 89.5 Å². The fourth-order valence-corrected chi connectivity index (χ4v) is 5.91. The predicted octanol–water partition coefficient (Wildman–Crippen LogP) is 6.51. The first-order valence-corrected chi connectivity index (χ1v) is 14.8. The fraction of sp³-hybridized carbons (Fsp3) is 0.412. The van der Waals surface area contributed by atoms with E-state index in [2.05, 4.69) is 19.1 Å². The van der Waals surface area contributed by atoms with Crippen molar-refractivity contribution in [1.82, 2.24) is 9.80 Å². The van der Waals surface area contributed by atoms with E-state index in [1.54, 1.807) is 4.90 Å². The highest BCUT2D eigenvalue weighted by molar-refractivity contribution is 5.94. The molecule has 0 aromatic heterocycles. The van der Waals surface area contributed by atoms with Crippen LogP contribution >= 0.6 is 0 Å². The lowest BCUT2D eigenvalue weighted by molar-refractivity contribution is -0.148. The van der Waals surface area contributed by atoms with E-state index in [9.17, 15) is 9.59 Å². The number of benzene rings is 3. The molecule has 7 heteroatoms. The molecule has 0 radical (unpaired) electrons. The van der Waals surface area contributed by atoms with Crippen molar-refractivity contribution in [1.29, 1.82) is 0 Å². The van der Waals surface area contributed by atoms with Crippen molar-refractivity contribution < 1.29 is 23.8 Å². The number of fused-ring (bicyclic) bond motifs is 1. The van der Waals surface area contributed by atoms with Crippen LogP contribution in [0.25, 0.3) is 11.1 Å². The number of carbonyl (C=O) groups excluding carboxylic acids is 2. The number of carbonyl (C=O) groups is 2. The van der Waals surface area contributed by atoms with Gasteiger partial charge < -0.3 is 24.0 Å². The molecule has 1 atom stereocenters. The average molecular weight is 555 g/mol. The van der Waals surface area contributed by atoms with Gasteiger partial charge in [-0.05, 0) is 72.6 Å². The number of hydrogen-bond donors (Lipinski definition) is 0. The Morgan fingerprint density at radius 2 is 1.51 bits per heavy atom. The highest BCUT2D eigenvalue weighted by Gasteiger charge is 2.33. The van der Waals surface area contributed by atoms with E-state index >= 15 is 0 Å². The molecule has 0 spiro atoms. The van der Waals surface area contributed by atoms with Crippen molar-refractivity contribution in [2.24, 2.45) is 11.8 Å². The van der Waals surface area contributed by atoms with Gasteiger partial charge in [-0.25, -0.2) is 4.79 Å². The number of amides is 2. The number of rotatable bonds is 5. The minimum Gasteiger partial charge on any atom is -0.464 e. The third kappa shape index (κ3) is 6.41. The van der Waals surface area contributed by atoms with Gasteiger partial charge in [-0.2, -0.15) is 0 Å². The SMILES string of the molecule is CC1CCN(C(=O)c2ccc(-c3ccc4c(c3)COC(C3CCN(C(=O)OCc5ccccc5)CC3)O4)cc2)CC1. The molecule has 0 aliphatic carbocycles. The highest BCUT2D eigenvalue weighted by atomic mass is 16.7. The molecule has 7 nitrogen and oxygen atoms in total. The van der Waals surface area contributed by atoms with E-state index < -0.39 is 0 Å². The summed E-state index contributed by atoms with van der Waals surface area (Å²) in [5.74, 6) is 1.88. The number of piperidine rings is 2. The van der Waals surface area contributed by atoms with Crippen LogP contribution in [0.3, 0.4) is 0 Å². The second-order valence-electron chi connectivity index (χ2n) is 11.5. The van der Waals surface area contributed by atoms with Crippen LogP contribution in [0.5, 0.6) is 5.75 Å². The van der Waals surface area contributed by atoms with Crippen LogP contribution in [-0.2, 0) is 22.7 Å². The first-order chi connectivity index (χ1) is 20.0. The van der Waals surface area contributed by atoms with Gasteiger partial charge in [-0.1, -0.05) is 55.5 Å². The van der Waals surface area contributed by atoms with Gasteiger partial charge in [0, 0.05) is 43.2 Å². The van der Waals surface area contributed by atoms with E-state index in [4.69, 9.17) is 14.2 Å². The minimum atomic E-state index is -0.320. The summed E-state index contributed by atoms with van der Waals surface area (Å²) in [5, 5.41) is 0. The molecule has 3 aliphatic rings. The van der Waals surface area contributed by atoms with Crippen LogP contribution in [0.4, 0.5) is 4.79 Å². The lowest BCUT2D eigenvalue weighted by atomic mass is 9.95. The average Bonchev–Trinajstić information content (AvgIpc) is 3.04. The summed E-state index contributed by atoms with van der Waals surface area (Å²) in [6.07, 6.45) is 3.17. The lowest BCUT2D eigenvalue weighted by Crippen LogP contribution is -2.44. The third-order valence-corrected chi connectivity index (χ3v) is 8.63. The molecule has 6 rings (SSSR count). The Balaban J connectivity index is 1.01. The van der Waals surface area contributed by atoms with Crippen LogP contribution in [0, 0.1) is 11.8 Å². The summed E-state index contributed by atoms with van der Waals surface area (Å²) in [6.45, 7) is 5.96. The van der Waals surface area contributed by atoms with E-state index in [-0.39, 0.29) is 30.8 Å². The molecular formula is C34H38N2O5. The molecule has 0 saturated carbocycles. The number of ether oxygens (including phenoxy) is 3. The van der Waals surface area contributed by atoms with Crippen LogP contribution in [-0.4, -0.2) is 54.3 Å². The summed E-state index contributed by atoms with van der Waals surface area (Å²) in [6, 6.07) is 23.8. The standard InChI is InChI=1S/C34H38N2O5/c1-24-13-17-35(18-14-24)32(37)27-9-7-26(8-10-27)29-11-12-31-30(21-29)23-39-33(41-31)28-15-19-36(20-16-28)34(38)40-22-25-5-3-2-4-6-25/h2-12,21,24,28,33H,13-20,22-23H2,1H3. The Labute approximate surface area is 242 Å². The smallest absolute Gasteiger partial charge is 0.410 e. The first kappa shape index (κ1) is 27.3. The molecule has 3 aromatic carbocycles. The van der Waals surface area contributed by atoms with Gasteiger partial charge in [0.25, 0.3) is 5.91 Å². The molecule has 3 aliphatic heterocycles. The van der Waals surface area contributed by atoms with Crippen LogP contribution < -0.4 is 4.74 Å². The Bertz CT molecular complexity index is 1340. The monoisotopic (exact) mass is 554 g/mol. The summed E-state index contributed by atoms with van der Waals surface area (Å²) < 4.78 is 17.9. The van der Waals surface area contributed by atoms with E-state index in [1.165, 1.54) is 0 Å². The molecule has 0 N–H and O–H groups in total. The maximum Gasteiger partial charge on any atom is 0.410 e. The molecule has 1 unspecified atom stereocenters. The van der Waals surface area contributed by atoms with Crippen molar-refractivity contribution in [2.45, 2.75) is 52.1 Å². The lowest BCUT2D eigenvalue weighted by Gasteiger charge is -2.37. The molecule has 2 amide bonds. The largest absolute Gasteiger partial charge is 0.464 e. The molecule has 214 valence electrons. The van der Waals surface area contributed by atoms with Crippen molar-refractivity contribution in [3.8, 4) is 16.9 Å². The van der Waals surface area contributed by atoms with Gasteiger partial charge in [-0.15, -0.1) is 0 Å². The van der Waals surface area contributed by atoms with Crippen LogP contribution in [0.2, 0.25) is 0 Å². The zero-order chi connectivity index (χ0) is 28.2. The molecule has 2 saturated heterocycles. The number of hydrogen-bond acceptors (Lipinski definition) is 5. The number of likely N-dealkylation sites (tertiary alicyclic amines) is 2. The predicted molar refractivity (Wildman–Crippen MR) is 156 cm³/mol. The molecule has 3 aromatic rings. The second kappa shape index (κ2) is 12.4. The maximum absolute atomic E-state index is 12.9. The Morgan fingerprint density at radius 1 is 0.829 bits per heavy atom. The normalized spacial score (nSPS) is 19.8. The van der Waals surface area contributed by atoms with Crippen molar-refractivity contribution in [3.63, 3.8) is 0 Å². The van der Waals surface area contributed by atoms with Gasteiger partial charge in [0.15, 0.2) is 0 Å². The van der Waals surface area contributed by atoms with Gasteiger partial charge >= 0.3 is 6.09 Å². The van der Waals surface area contributed by atoms with Crippen LogP contribution in [0.15, 0.2) is 72.8 Å². The Kier molecular flexibility index (Phi) is 8.23. The molecule has 2 fully saturated rings. The van der Waals surface area contributed by atoms with Crippen molar-refractivity contribution >= 4 is 12.0 Å². The first-order valence-electron chi connectivity index (χ1n) is 14.8. The Hall–Kier alpha value is -3.84. The zero-order valence-electron chi connectivity index (χ0n) is 23.7. The van der Waals surface area contributed by atoms with Gasteiger partial charge in [0.05, 0.1) is 6.61 Å². The third-order valence-electron chi connectivity index (χ3n) is 8.63. The summed E-state index contributed by atoms with van der Waals surface area (Å²) >= 11 is 0. The minimum absolute atomic E-state index is 0.122. The molecule has 41 heavy (non-hydrogen) atoms. The topological polar surface area (TPSA) is 68.3 Å². The van der Waals surface area contributed by atoms with E-state index in [0.29, 0.717) is 25.6 Å². The quantitative estimate of drug-likeness (QED) is 0.360. The van der Waals surface area contributed by atoms with Gasteiger partial charge in [0.2, 0.25) is 6.29 Å². The summed E-state index contributed by atoms with van der Waals surface area (Å²) in [4.78, 5) is 29.2. The highest BCUT2D eigenvalue weighted by Crippen LogP contribution is 2.35. The Morgan fingerprint density at radius 3 is 2.24 bits per heavy atom. The van der Waals surface area contributed by atoms with Gasteiger partial charge in [-0.3, -0.25) is 4.79 Å². The fourth-order valence-electron chi connectivity index (χ4n) is 5.91. The number of nitrogens with zero attached hydrogens (tertiary/aromatic N) is 2. The van der Waals surface area contributed by atoms with E-state index in [1.807, 2.05) is 65.6 Å². The van der Waals surface area contributed by atoms with E-state index in [0.717, 1.165) is 72.3 Å². The summed E-state index contributed by atoms with van der Waals surface area (Å²) in [7, 11) is 0. The zero-order valence-corrected chi connectivity index (χ0v) is 23.7. The maximum atomic E-state index is 12.9. The van der Waals surface area contributed by atoms with Crippen molar-refractivity contribution in [2.75, 3.05) is 26.2 Å². The molecule has 0 bridgehead atoms. The molecule has 3 heterocycles. The van der Waals surface area contributed by atoms with Gasteiger partial charge in [0.1, 0.15) is 12.4 Å².